The van der Waals surface area contributed by atoms with Crippen molar-refractivity contribution in [2.75, 3.05) is 32.8 Å². The van der Waals surface area contributed by atoms with E-state index in [1.807, 2.05) is 25.1 Å². The maximum Gasteiger partial charge on any atom is 0.241 e. The molecule has 11 heteroatoms. The predicted molar refractivity (Wildman–Crippen MR) is 142 cm³/mol. The number of rotatable bonds is 8. The lowest BCUT2D eigenvalue weighted by Crippen LogP contribution is -2.53. The minimum Gasteiger partial charge on any atom is -0.491 e. The molecular formula is C25H27Cl2N5O3S. The number of halogens is 2. The van der Waals surface area contributed by atoms with Crippen molar-refractivity contribution >= 4 is 44.8 Å². The number of fused-ring (bicyclic) bond motifs is 1. The Morgan fingerprint density at radius 2 is 2.06 bits per heavy atom. The second-order valence-corrected chi connectivity index (χ2v) is 11.1. The molecular weight excluding hydrogens is 521 g/mol. The first-order valence-electron chi connectivity index (χ1n) is 11.8. The summed E-state index contributed by atoms with van der Waals surface area (Å²) in [6.07, 6.45) is -0.588. The van der Waals surface area contributed by atoms with Crippen molar-refractivity contribution in [3.63, 3.8) is 0 Å². The molecule has 0 bridgehead atoms. The fraction of sp³-hybridized carbons (Fsp3) is 0.400. The summed E-state index contributed by atoms with van der Waals surface area (Å²) in [6.45, 7) is 7.97. The smallest absolute Gasteiger partial charge is 0.241 e. The molecule has 1 saturated heterocycles. The highest BCUT2D eigenvalue weighted by Gasteiger charge is 2.27. The van der Waals surface area contributed by atoms with Gasteiger partial charge in [-0.25, -0.2) is 4.98 Å². The molecule has 1 aliphatic heterocycles. The van der Waals surface area contributed by atoms with Gasteiger partial charge < -0.3 is 14.4 Å². The van der Waals surface area contributed by atoms with Crippen molar-refractivity contribution in [1.82, 2.24) is 24.9 Å². The fourth-order valence-corrected chi connectivity index (χ4v) is 5.70. The maximum absolute atomic E-state index is 10.6. The van der Waals surface area contributed by atoms with Gasteiger partial charge in [0.1, 0.15) is 18.5 Å². The summed E-state index contributed by atoms with van der Waals surface area (Å²) in [4.78, 5) is 13.6. The highest BCUT2D eigenvalue weighted by molar-refractivity contribution is 7.18. The topological polar surface area (TPSA) is 87.8 Å². The SMILES string of the molecule is Cc1nc2cc(OC[C@H](O)CN3CCN(Cc4nc(-c5ccc(Cl)cc5Cl)no4)C[C@@H]3C)ccc2s1. The van der Waals surface area contributed by atoms with Gasteiger partial charge >= 0.3 is 0 Å². The first kappa shape index (κ1) is 25.4. The van der Waals surface area contributed by atoms with E-state index < -0.39 is 6.10 Å². The molecule has 0 spiro atoms. The van der Waals surface area contributed by atoms with Crippen LogP contribution in [0.15, 0.2) is 40.9 Å². The Kier molecular flexibility index (Phi) is 7.76. The van der Waals surface area contributed by atoms with Gasteiger partial charge in [0.25, 0.3) is 0 Å². The van der Waals surface area contributed by atoms with E-state index in [2.05, 4.69) is 31.8 Å². The van der Waals surface area contributed by atoms with Crippen LogP contribution in [-0.2, 0) is 6.54 Å². The van der Waals surface area contributed by atoms with Crippen molar-refractivity contribution in [2.45, 2.75) is 32.5 Å². The third-order valence-corrected chi connectivity index (χ3v) is 7.70. The zero-order valence-electron chi connectivity index (χ0n) is 20.0. The normalized spacial score (nSPS) is 18.1. The van der Waals surface area contributed by atoms with E-state index in [1.54, 1.807) is 29.5 Å². The second kappa shape index (κ2) is 11.0. The summed E-state index contributed by atoms with van der Waals surface area (Å²) in [7, 11) is 0. The number of ether oxygens (including phenoxy) is 1. The number of piperazine rings is 1. The largest absolute Gasteiger partial charge is 0.491 e. The molecule has 0 unspecified atom stereocenters. The van der Waals surface area contributed by atoms with Gasteiger partial charge in [-0.2, -0.15) is 4.98 Å². The third kappa shape index (κ3) is 5.99. The van der Waals surface area contributed by atoms with Crippen LogP contribution >= 0.6 is 34.5 Å². The van der Waals surface area contributed by atoms with Crippen LogP contribution in [0.4, 0.5) is 0 Å². The molecule has 5 rings (SSSR count). The average Bonchev–Trinajstić information content (AvgIpc) is 3.44. The van der Waals surface area contributed by atoms with Crippen molar-refractivity contribution in [3.8, 4) is 17.1 Å². The monoisotopic (exact) mass is 547 g/mol. The Balaban J connectivity index is 1.10. The number of hydrogen-bond donors (Lipinski definition) is 1. The quantitative estimate of drug-likeness (QED) is 0.333. The highest BCUT2D eigenvalue weighted by atomic mass is 35.5. The van der Waals surface area contributed by atoms with Crippen molar-refractivity contribution in [2.24, 2.45) is 0 Å². The molecule has 0 amide bonds. The summed E-state index contributed by atoms with van der Waals surface area (Å²) >= 11 is 13.9. The number of hydrogen-bond acceptors (Lipinski definition) is 9. The van der Waals surface area contributed by atoms with Crippen LogP contribution in [-0.4, -0.2) is 75.0 Å². The Morgan fingerprint density at radius 1 is 1.19 bits per heavy atom. The molecule has 0 aliphatic carbocycles. The van der Waals surface area contributed by atoms with Crippen LogP contribution in [0.25, 0.3) is 21.6 Å². The molecule has 0 radical (unpaired) electrons. The lowest BCUT2D eigenvalue weighted by atomic mass is 10.1. The third-order valence-electron chi connectivity index (χ3n) is 6.20. The molecule has 2 aromatic carbocycles. The molecule has 0 saturated carbocycles. The molecule has 36 heavy (non-hydrogen) atoms. The summed E-state index contributed by atoms with van der Waals surface area (Å²) < 4.78 is 12.5. The van der Waals surface area contributed by atoms with Gasteiger partial charge in [-0.1, -0.05) is 28.4 Å². The molecule has 2 atom stereocenters. The number of aliphatic hydroxyl groups excluding tert-OH is 1. The molecule has 8 nitrogen and oxygen atoms in total. The fourth-order valence-electron chi connectivity index (χ4n) is 4.40. The Morgan fingerprint density at radius 3 is 2.86 bits per heavy atom. The van der Waals surface area contributed by atoms with Gasteiger partial charge in [-0.3, -0.25) is 9.80 Å². The molecule has 1 aliphatic rings. The first-order valence-corrected chi connectivity index (χ1v) is 13.3. The lowest BCUT2D eigenvalue weighted by Gasteiger charge is -2.40. The van der Waals surface area contributed by atoms with Crippen LogP contribution in [0.2, 0.25) is 10.0 Å². The number of aliphatic hydroxyl groups is 1. The van der Waals surface area contributed by atoms with E-state index in [1.165, 1.54) is 0 Å². The second-order valence-electron chi connectivity index (χ2n) is 9.04. The number of thiazole rings is 1. The minimum atomic E-state index is -0.588. The predicted octanol–water partition coefficient (Wildman–Crippen LogP) is 4.91. The first-order chi connectivity index (χ1) is 17.3. The Hall–Kier alpha value is -2.27. The van der Waals surface area contributed by atoms with Crippen molar-refractivity contribution < 1.29 is 14.4 Å². The Labute approximate surface area is 223 Å². The van der Waals surface area contributed by atoms with Crippen LogP contribution in [0.5, 0.6) is 5.75 Å². The van der Waals surface area contributed by atoms with Crippen molar-refractivity contribution in [3.05, 3.63) is 57.3 Å². The lowest BCUT2D eigenvalue weighted by molar-refractivity contribution is 0.0174. The van der Waals surface area contributed by atoms with Gasteiger partial charge in [0, 0.05) is 48.9 Å². The van der Waals surface area contributed by atoms with Crippen molar-refractivity contribution in [1.29, 1.82) is 0 Å². The van der Waals surface area contributed by atoms with Crippen LogP contribution < -0.4 is 4.74 Å². The molecule has 1 fully saturated rings. The number of aromatic nitrogens is 3. The summed E-state index contributed by atoms with van der Waals surface area (Å²) in [6, 6.07) is 11.3. The van der Waals surface area contributed by atoms with E-state index >= 15 is 0 Å². The summed E-state index contributed by atoms with van der Waals surface area (Å²) in [5, 5.41) is 16.8. The van der Waals surface area contributed by atoms with E-state index in [9.17, 15) is 5.11 Å². The van der Waals surface area contributed by atoms with E-state index in [-0.39, 0.29) is 12.6 Å². The van der Waals surface area contributed by atoms with Gasteiger partial charge in [0.15, 0.2) is 0 Å². The van der Waals surface area contributed by atoms with Crippen LogP contribution in [0.1, 0.15) is 17.8 Å². The summed E-state index contributed by atoms with van der Waals surface area (Å²) in [5.74, 6) is 1.71. The van der Waals surface area contributed by atoms with Gasteiger partial charge in [0.2, 0.25) is 11.7 Å². The molecule has 190 valence electrons. The minimum absolute atomic E-state index is 0.236. The van der Waals surface area contributed by atoms with Gasteiger partial charge in [-0.05, 0) is 44.2 Å². The molecule has 4 aromatic rings. The maximum atomic E-state index is 10.6. The average molecular weight is 548 g/mol. The highest BCUT2D eigenvalue weighted by Crippen LogP contribution is 2.29. The van der Waals surface area contributed by atoms with E-state index in [0.29, 0.717) is 40.4 Å². The van der Waals surface area contributed by atoms with Crippen LogP contribution in [0, 0.1) is 6.92 Å². The van der Waals surface area contributed by atoms with Crippen LogP contribution in [0.3, 0.4) is 0 Å². The van der Waals surface area contributed by atoms with E-state index in [4.69, 9.17) is 32.5 Å². The standard InChI is InChI=1S/C25H27Cl2N5O3S/c1-15-11-31(13-24-29-25(30-35-24)20-5-3-17(26)9-21(20)27)7-8-32(15)12-18(33)14-34-19-4-6-23-22(10-19)28-16(2)36-23/h3-6,9-10,15,18,33H,7-8,11-14H2,1-2H3/t15-,18+/m0/s1. The van der Waals surface area contributed by atoms with Gasteiger partial charge in [-0.15, -0.1) is 11.3 Å². The molecule has 1 N–H and O–H groups in total. The number of nitrogens with zero attached hydrogens (tertiary/aromatic N) is 5. The van der Waals surface area contributed by atoms with E-state index in [0.717, 1.165) is 40.6 Å². The Bertz CT molecular complexity index is 1350. The number of aryl methyl sites for hydroxylation is 1. The summed E-state index contributed by atoms with van der Waals surface area (Å²) in [5.41, 5.74) is 1.62. The molecule has 3 heterocycles. The zero-order valence-corrected chi connectivity index (χ0v) is 22.4. The molecule has 2 aromatic heterocycles. The number of benzene rings is 2. The number of β-amino-alcohol motifs (C(OH)–C–C–N with tert-alkyl or cyclic N) is 1. The van der Waals surface area contributed by atoms with Gasteiger partial charge in [0.05, 0.1) is 26.8 Å². The zero-order chi connectivity index (χ0) is 25.2.